The monoisotopic (exact) mass is 374 g/mol. The van der Waals surface area contributed by atoms with Crippen LogP contribution < -0.4 is 22.1 Å². The van der Waals surface area contributed by atoms with E-state index in [9.17, 15) is 24.0 Å². The summed E-state index contributed by atoms with van der Waals surface area (Å²) in [6.07, 6.45) is -0.834. The summed E-state index contributed by atoms with van der Waals surface area (Å²) in [4.78, 5) is 56.9. The van der Waals surface area contributed by atoms with Crippen LogP contribution in [-0.2, 0) is 24.0 Å². The minimum absolute atomic E-state index is 0.0271. The van der Waals surface area contributed by atoms with Crippen LogP contribution >= 0.6 is 0 Å². The number of aliphatic carboxylic acids is 2. The molecule has 0 aliphatic rings. The van der Waals surface area contributed by atoms with Crippen molar-refractivity contribution < 1.29 is 34.2 Å². The predicted octanol–water partition coefficient (Wildman–Crippen LogP) is -1.85. The highest BCUT2D eigenvalue weighted by molar-refractivity contribution is 5.93. The largest absolute Gasteiger partial charge is 0.481 e. The molecular weight excluding hydrogens is 348 g/mol. The van der Waals surface area contributed by atoms with E-state index in [0.29, 0.717) is 0 Å². The Morgan fingerprint density at radius 3 is 1.92 bits per heavy atom. The molecule has 0 aliphatic heterocycles. The third-order valence-electron chi connectivity index (χ3n) is 3.37. The van der Waals surface area contributed by atoms with Gasteiger partial charge in [0.2, 0.25) is 17.7 Å². The Labute approximate surface area is 150 Å². The summed E-state index contributed by atoms with van der Waals surface area (Å²) in [7, 11) is 0. The summed E-state index contributed by atoms with van der Waals surface area (Å²) in [6, 6.07) is -3.74. The summed E-state index contributed by atoms with van der Waals surface area (Å²) < 4.78 is 0. The first-order chi connectivity index (χ1) is 11.9. The molecule has 3 amide bonds. The van der Waals surface area contributed by atoms with Crippen LogP contribution in [0.2, 0.25) is 0 Å². The standard InChI is InChI=1S/C15H26N4O7/c1-7(2)5-9(18-13(23)8(16)3-4-12(21)22)14(24)19-10(15(25)26)6-11(17)20/h7-10H,3-6,16H2,1-2H3,(H2,17,20)(H,18,23)(H,19,24)(H,21,22)(H,25,26). The first kappa shape index (κ1) is 23.3. The first-order valence-electron chi connectivity index (χ1n) is 8.03. The molecule has 26 heavy (non-hydrogen) atoms. The second-order valence-corrected chi connectivity index (χ2v) is 6.30. The molecule has 0 heterocycles. The number of hydrogen-bond donors (Lipinski definition) is 6. The highest BCUT2D eigenvalue weighted by atomic mass is 16.4. The number of hydrogen-bond acceptors (Lipinski definition) is 6. The van der Waals surface area contributed by atoms with Crippen LogP contribution in [0.4, 0.5) is 0 Å². The lowest BCUT2D eigenvalue weighted by atomic mass is 10.0. The van der Waals surface area contributed by atoms with Gasteiger partial charge in [-0.3, -0.25) is 19.2 Å². The zero-order valence-electron chi connectivity index (χ0n) is 14.7. The van der Waals surface area contributed by atoms with Crippen molar-refractivity contribution in [2.24, 2.45) is 17.4 Å². The zero-order chi connectivity index (χ0) is 20.4. The van der Waals surface area contributed by atoms with E-state index in [-0.39, 0.29) is 25.2 Å². The van der Waals surface area contributed by atoms with Crippen molar-refractivity contribution in [2.45, 2.75) is 57.7 Å². The number of primary amides is 1. The van der Waals surface area contributed by atoms with E-state index in [2.05, 4.69) is 10.6 Å². The molecule has 148 valence electrons. The molecule has 0 rings (SSSR count). The molecule has 0 fully saturated rings. The average Bonchev–Trinajstić information content (AvgIpc) is 2.49. The Hall–Kier alpha value is -2.69. The number of nitrogens with two attached hydrogens (primary N) is 2. The van der Waals surface area contributed by atoms with Gasteiger partial charge in [-0.2, -0.15) is 0 Å². The molecule has 0 spiro atoms. The zero-order valence-corrected chi connectivity index (χ0v) is 14.7. The van der Waals surface area contributed by atoms with Crippen LogP contribution in [0.25, 0.3) is 0 Å². The van der Waals surface area contributed by atoms with Crippen LogP contribution in [0.15, 0.2) is 0 Å². The molecule has 3 unspecified atom stereocenters. The quantitative estimate of drug-likeness (QED) is 0.228. The SMILES string of the molecule is CC(C)CC(NC(=O)C(N)CCC(=O)O)C(=O)NC(CC(N)=O)C(=O)O. The summed E-state index contributed by atoms with van der Waals surface area (Å²) in [5.74, 6) is -5.01. The van der Waals surface area contributed by atoms with E-state index in [0.717, 1.165) is 0 Å². The van der Waals surface area contributed by atoms with Gasteiger partial charge in [0.1, 0.15) is 12.1 Å². The summed E-state index contributed by atoms with van der Waals surface area (Å²) in [5.41, 5.74) is 10.6. The molecule has 11 heteroatoms. The van der Waals surface area contributed by atoms with Crippen LogP contribution in [0.1, 0.15) is 39.5 Å². The second-order valence-electron chi connectivity index (χ2n) is 6.30. The fourth-order valence-corrected chi connectivity index (χ4v) is 2.07. The maximum Gasteiger partial charge on any atom is 0.326 e. The maximum atomic E-state index is 12.3. The van der Waals surface area contributed by atoms with Gasteiger partial charge < -0.3 is 32.3 Å². The van der Waals surface area contributed by atoms with Crippen molar-refractivity contribution in [1.82, 2.24) is 10.6 Å². The lowest BCUT2D eigenvalue weighted by Crippen LogP contribution is -2.55. The van der Waals surface area contributed by atoms with Gasteiger partial charge in [0.05, 0.1) is 12.5 Å². The summed E-state index contributed by atoms with van der Waals surface area (Å²) in [6.45, 7) is 3.57. The molecule has 0 saturated carbocycles. The number of carbonyl (C=O) groups excluding carboxylic acids is 3. The van der Waals surface area contributed by atoms with Gasteiger partial charge >= 0.3 is 11.9 Å². The van der Waals surface area contributed by atoms with E-state index >= 15 is 0 Å². The number of rotatable bonds is 12. The minimum atomic E-state index is -1.52. The van der Waals surface area contributed by atoms with E-state index < -0.39 is 54.2 Å². The number of amides is 3. The number of carbonyl (C=O) groups is 5. The Morgan fingerprint density at radius 2 is 1.50 bits per heavy atom. The number of carboxylic acid groups (broad SMARTS) is 2. The number of carboxylic acids is 2. The molecule has 0 aromatic carbocycles. The molecule has 0 aromatic rings. The van der Waals surface area contributed by atoms with Crippen LogP contribution in [0.5, 0.6) is 0 Å². The lowest BCUT2D eigenvalue weighted by Gasteiger charge is -2.23. The highest BCUT2D eigenvalue weighted by Gasteiger charge is 2.29. The minimum Gasteiger partial charge on any atom is -0.481 e. The van der Waals surface area contributed by atoms with Gasteiger partial charge in [0.15, 0.2) is 0 Å². The topological polar surface area (TPSA) is 202 Å². The molecule has 11 nitrogen and oxygen atoms in total. The molecule has 8 N–H and O–H groups in total. The fourth-order valence-electron chi connectivity index (χ4n) is 2.07. The van der Waals surface area contributed by atoms with Gasteiger partial charge in [-0.1, -0.05) is 13.8 Å². The van der Waals surface area contributed by atoms with E-state index in [1.807, 2.05) is 0 Å². The van der Waals surface area contributed by atoms with E-state index in [1.54, 1.807) is 13.8 Å². The van der Waals surface area contributed by atoms with Crippen molar-refractivity contribution in [3.8, 4) is 0 Å². The molecule has 0 aromatic heterocycles. The highest BCUT2D eigenvalue weighted by Crippen LogP contribution is 2.07. The molecular formula is C15H26N4O7. The van der Waals surface area contributed by atoms with Gasteiger partial charge in [-0.05, 0) is 18.8 Å². The lowest BCUT2D eigenvalue weighted by molar-refractivity contribution is -0.143. The molecule has 0 radical (unpaired) electrons. The third kappa shape index (κ3) is 9.57. The normalized spacial score (nSPS) is 14.2. The Balaban J connectivity index is 5.02. The van der Waals surface area contributed by atoms with Gasteiger partial charge in [0, 0.05) is 6.42 Å². The maximum absolute atomic E-state index is 12.3. The molecule has 0 aliphatic carbocycles. The van der Waals surface area contributed by atoms with Crippen LogP contribution in [0, 0.1) is 5.92 Å². The number of nitrogens with one attached hydrogen (secondary N) is 2. The Bertz CT molecular complexity index is 550. The third-order valence-corrected chi connectivity index (χ3v) is 3.37. The van der Waals surface area contributed by atoms with Crippen molar-refractivity contribution in [3.05, 3.63) is 0 Å². The van der Waals surface area contributed by atoms with E-state index in [1.165, 1.54) is 0 Å². The summed E-state index contributed by atoms with van der Waals surface area (Å²) in [5, 5.41) is 22.2. The van der Waals surface area contributed by atoms with Crippen LogP contribution in [0.3, 0.4) is 0 Å². The first-order valence-corrected chi connectivity index (χ1v) is 8.03. The van der Waals surface area contributed by atoms with Crippen molar-refractivity contribution in [3.63, 3.8) is 0 Å². The second kappa shape index (κ2) is 11.0. The van der Waals surface area contributed by atoms with Crippen molar-refractivity contribution in [1.29, 1.82) is 0 Å². The fraction of sp³-hybridized carbons (Fsp3) is 0.667. The van der Waals surface area contributed by atoms with Gasteiger partial charge in [0.25, 0.3) is 0 Å². The van der Waals surface area contributed by atoms with Crippen LogP contribution in [-0.4, -0.2) is 58.0 Å². The molecule has 0 saturated heterocycles. The van der Waals surface area contributed by atoms with Gasteiger partial charge in [-0.25, -0.2) is 4.79 Å². The van der Waals surface area contributed by atoms with Crippen molar-refractivity contribution >= 4 is 29.7 Å². The average molecular weight is 374 g/mol. The molecule has 0 bridgehead atoms. The Kier molecular flexibility index (Phi) is 9.89. The van der Waals surface area contributed by atoms with Gasteiger partial charge in [-0.15, -0.1) is 0 Å². The predicted molar refractivity (Wildman–Crippen MR) is 89.6 cm³/mol. The van der Waals surface area contributed by atoms with Crippen molar-refractivity contribution in [2.75, 3.05) is 0 Å². The summed E-state index contributed by atoms with van der Waals surface area (Å²) >= 11 is 0. The van der Waals surface area contributed by atoms with E-state index in [4.69, 9.17) is 21.7 Å². The molecule has 3 atom stereocenters. The Morgan fingerprint density at radius 1 is 0.962 bits per heavy atom. The smallest absolute Gasteiger partial charge is 0.326 e.